The van der Waals surface area contributed by atoms with Crippen LogP contribution in [0.3, 0.4) is 0 Å². The van der Waals surface area contributed by atoms with Crippen LogP contribution in [0, 0.1) is 0 Å². The topological polar surface area (TPSA) is 94.3 Å². The molecule has 0 atom stereocenters. The predicted molar refractivity (Wildman–Crippen MR) is 110 cm³/mol. The van der Waals surface area contributed by atoms with Gasteiger partial charge in [-0.3, -0.25) is 9.89 Å². The number of sulfonamides is 1. The molecule has 0 radical (unpaired) electrons. The highest BCUT2D eigenvalue weighted by atomic mass is 127. The number of nitrogens with one attached hydrogen (secondary N) is 1. The molecule has 11 heteroatoms. The Kier molecular flexibility index (Phi) is 8.10. The molecule has 0 aromatic carbocycles. The monoisotopic (exact) mass is 498 g/mol. The Morgan fingerprint density at radius 3 is 2.65 bits per heavy atom. The smallest absolute Gasteiger partial charge is 0.214 e. The van der Waals surface area contributed by atoms with Gasteiger partial charge in [-0.2, -0.15) is 0 Å². The number of guanidine groups is 1. The zero-order valence-corrected chi connectivity index (χ0v) is 18.1. The molecule has 1 aromatic heterocycles. The molecule has 0 bridgehead atoms. The highest BCUT2D eigenvalue weighted by Gasteiger charge is 2.27. The number of hydrogen-bond donors (Lipinski definition) is 1. The van der Waals surface area contributed by atoms with Gasteiger partial charge in [-0.1, -0.05) is 5.16 Å². The van der Waals surface area contributed by atoms with Gasteiger partial charge >= 0.3 is 0 Å². The van der Waals surface area contributed by atoms with Gasteiger partial charge < -0.3 is 14.7 Å². The highest BCUT2D eigenvalue weighted by Crippen LogP contribution is 2.12. The Hall–Kier alpha value is -0.920. The van der Waals surface area contributed by atoms with Gasteiger partial charge in [-0.15, -0.1) is 24.0 Å². The van der Waals surface area contributed by atoms with Crippen LogP contribution in [0.4, 0.5) is 0 Å². The second-order valence-corrected chi connectivity index (χ2v) is 8.39. The van der Waals surface area contributed by atoms with Crippen LogP contribution in [0.5, 0.6) is 0 Å². The second-order valence-electron chi connectivity index (χ2n) is 6.30. The molecule has 0 amide bonds. The van der Waals surface area contributed by atoms with Crippen molar-refractivity contribution in [1.29, 1.82) is 0 Å². The van der Waals surface area contributed by atoms with Crippen molar-refractivity contribution in [2.45, 2.75) is 13.0 Å². The maximum absolute atomic E-state index is 11.8. The van der Waals surface area contributed by atoms with Gasteiger partial charge in [-0.05, 0) is 6.42 Å². The molecule has 2 aliphatic rings. The number of rotatable bonds is 5. The molecule has 9 nitrogen and oxygen atoms in total. The molecular weight excluding hydrogens is 471 g/mol. The van der Waals surface area contributed by atoms with Gasteiger partial charge in [0, 0.05) is 65.5 Å². The lowest BCUT2D eigenvalue weighted by Crippen LogP contribution is -2.53. The summed E-state index contributed by atoms with van der Waals surface area (Å²) in [7, 11) is -1.27. The number of aromatic nitrogens is 1. The lowest BCUT2D eigenvalue weighted by atomic mass is 10.3. The summed E-state index contributed by atoms with van der Waals surface area (Å²) in [5, 5.41) is 7.24. The predicted octanol–water partition coefficient (Wildman–Crippen LogP) is 0.0211. The van der Waals surface area contributed by atoms with E-state index < -0.39 is 10.0 Å². The van der Waals surface area contributed by atoms with Crippen LogP contribution in [0.15, 0.2) is 21.8 Å². The van der Waals surface area contributed by atoms with Crippen molar-refractivity contribution in [1.82, 2.24) is 24.6 Å². The van der Waals surface area contributed by atoms with E-state index in [1.165, 1.54) is 0 Å². The third-order valence-electron chi connectivity index (χ3n) is 4.61. The fourth-order valence-electron chi connectivity index (χ4n) is 3.23. The quantitative estimate of drug-likeness (QED) is 0.348. The van der Waals surface area contributed by atoms with Crippen LogP contribution in [-0.2, 0) is 16.6 Å². The standard InChI is InChI=1S/C15H26N6O3S.HI/c1-16-15(17-4-6-21-5-2-12-25(21,22)23)20-9-7-19(8-10-20)13-14-3-11-24-18-14;/h3,11H,2,4-10,12-13H2,1H3,(H,16,17);1H. The fourth-order valence-corrected chi connectivity index (χ4v) is 4.76. The van der Waals surface area contributed by atoms with E-state index in [4.69, 9.17) is 4.52 Å². The van der Waals surface area contributed by atoms with Crippen molar-refractivity contribution in [3.8, 4) is 0 Å². The van der Waals surface area contributed by atoms with E-state index in [0.717, 1.165) is 50.8 Å². The minimum Gasteiger partial charge on any atom is -0.364 e. The number of hydrogen-bond acceptors (Lipinski definition) is 6. The molecule has 0 spiro atoms. The van der Waals surface area contributed by atoms with Gasteiger partial charge in [-0.25, -0.2) is 12.7 Å². The fraction of sp³-hybridized carbons (Fsp3) is 0.733. The molecule has 26 heavy (non-hydrogen) atoms. The third-order valence-corrected chi connectivity index (χ3v) is 6.56. The summed E-state index contributed by atoms with van der Waals surface area (Å²) >= 11 is 0. The average molecular weight is 498 g/mol. The number of aliphatic imine (C=N–C) groups is 1. The molecule has 0 aliphatic carbocycles. The molecular formula is C15H27IN6O3S. The van der Waals surface area contributed by atoms with Crippen LogP contribution >= 0.6 is 24.0 Å². The first-order chi connectivity index (χ1) is 12.1. The Bertz CT molecular complexity index is 674. The summed E-state index contributed by atoms with van der Waals surface area (Å²) in [6.45, 7) is 6.09. The first-order valence-corrected chi connectivity index (χ1v) is 10.2. The maximum Gasteiger partial charge on any atom is 0.214 e. The first-order valence-electron chi connectivity index (χ1n) is 8.63. The first kappa shape index (κ1) is 21.4. The van der Waals surface area contributed by atoms with E-state index in [-0.39, 0.29) is 29.7 Å². The van der Waals surface area contributed by atoms with Crippen molar-refractivity contribution >= 4 is 40.0 Å². The molecule has 2 saturated heterocycles. The number of nitrogens with zero attached hydrogens (tertiary/aromatic N) is 5. The van der Waals surface area contributed by atoms with Crippen molar-refractivity contribution in [2.75, 3.05) is 58.6 Å². The second kappa shape index (κ2) is 9.85. The third kappa shape index (κ3) is 5.54. The summed E-state index contributed by atoms with van der Waals surface area (Å²) < 4.78 is 30.1. The van der Waals surface area contributed by atoms with E-state index in [0.29, 0.717) is 19.6 Å². The van der Waals surface area contributed by atoms with E-state index in [2.05, 4.69) is 25.3 Å². The summed E-state index contributed by atoms with van der Waals surface area (Å²) in [6, 6.07) is 1.89. The minimum absolute atomic E-state index is 0. The zero-order chi connectivity index (χ0) is 17.7. The van der Waals surface area contributed by atoms with Crippen molar-refractivity contribution in [3.63, 3.8) is 0 Å². The molecule has 148 valence electrons. The van der Waals surface area contributed by atoms with Crippen LogP contribution in [0.2, 0.25) is 0 Å². The lowest BCUT2D eigenvalue weighted by molar-refractivity contribution is 0.169. The van der Waals surface area contributed by atoms with Gasteiger partial charge in [0.05, 0.1) is 11.4 Å². The van der Waals surface area contributed by atoms with E-state index in [9.17, 15) is 8.42 Å². The summed E-state index contributed by atoms with van der Waals surface area (Å²) in [5.74, 6) is 1.10. The molecule has 0 unspecified atom stereocenters. The summed E-state index contributed by atoms with van der Waals surface area (Å²) in [6.07, 6.45) is 2.32. The molecule has 3 heterocycles. The Balaban J connectivity index is 0.00000243. The molecule has 3 rings (SSSR count). The van der Waals surface area contributed by atoms with E-state index >= 15 is 0 Å². The number of piperazine rings is 1. The molecule has 2 aliphatic heterocycles. The van der Waals surface area contributed by atoms with Crippen molar-refractivity contribution in [2.24, 2.45) is 4.99 Å². The van der Waals surface area contributed by atoms with Crippen molar-refractivity contribution < 1.29 is 12.9 Å². The maximum atomic E-state index is 11.8. The minimum atomic E-state index is -3.03. The molecule has 2 fully saturated rings. The van der Waals surface area contributed by atoms with Crippen LogP contribution in [0.25, 0.3) is 0 Å². The SMILES string of the molecule is CN=C(NCCN1CCCS1(=O)=O)N1CCN(Cc2ccon2)CC1.I. The highest BCUT2D eigenvalue weighted by molar-refractivity contribution is 14.0. The summed E-state index contributed by atoms with van der Waals surface area (Å²) in [5.41, 5.74) is 0.947. The van der Waals surface area contributed by atoms with Crippen LogP contribution in [-0.4, -0.2) is 92.3 Å². The van der Waals surface area contributed by atoms with Gasteiger partial charge in [0.1, 0.15) is 6.26 Å². The van der Waals surface area contributed by atoms with Crippen LogP contribution in [0.1, 0.15) is 12.1 Å². The van der Waals surface area contributed by atoms with Crippen LogP contribution < -0.4 is 5.32 Å². The molecule has 1 aromatic rings. The largest absolute Gasteiger partial charge is 0.364 e. The van der Waals surface area contributed by atoms with Crippen molar-refractivity contribution in [3.05, 3.63) is 18.0 Å². The average Bonchev–Trinajstić information content (AvgIpc) is 3.22. The Morgan fingerprint density at radius 2 is 2.08 bits per heavy atom. The van der Waals surface area contributed by atoms with Gasteiger partial charge in [0.25, 0.3) is 0 Å². The molecule has 0 saturated carbocycles. The van der Waals surface area contributed by atoms with E-state index in [1.807, 2.05) is 6.07 Å². The van der Waals surface area contributed by atoms with Gasteiger partial charge in [0.15, 0.2) is 5.96 Å². The summed E-state index contributed by atoms with van der Waals surface area (Å²) in [4.78, 5) is 8.87. The Morgan fingerprint density at radius 1 is 1.31 bits per heavy atom. The lowest BCUT2D eigenvalue weighted by Gasteiger charge is -2.36. The van der Waals surface area contributed by atoms with E-state index in [1.54, 1.807) is 17.6 Å². The molecule has 1 N–H and O–H groups in total. The normalized spacial score (nSPS) is 21.6. The number of halogens is 1. The van der Waals surface area contributed by atoms with Gasteiger partial charge in [0.2, 0.25) is 10.0 Å². The Labute approximate surface area is 171 Å². The zero-order valence-electron chi connectivity index (χ0n) is 15.0.